The summed E-state index contributed by atoms with van der Waals surface area (Å²) in [6.45, 7) is 8.75. The molecule has 0 bridgehead atoms. The Balaban J connectivity index is 1.84. The smallest absolute Gasteiger partial charge is 0.137 e. The number of rotatable bonds is 5. The zero-order valence-corrected chi connectivity index (χ0v) is 13.0. The van der Waals surface area contributed by atoms with Crippen molar-refractivity contribution in [2.45, 2.75) is 52.2 Å². The molecule has 3 nitrogen and oxygen atoms in total. The number of likely N-dealkylation sites (tertiary alicyclic amines) is 1. The van der Waals surface area contributed by atoms with Crippen LogP contribution in [-0.4, -0.2) is 36.9 Å². The SMILES string of the molecule is Cc1cccc(C)c1OC[C@H](O)C[NH+]1CCCC[C@H]1C. The Bertz CT molecular complexity index is 413. The van der Waals surface area contributed by atoms with E-state index >= 15 is 0 Å². The lowest BCUT2D eigenvalue weighted by atomic mass is 10.0. The molecule has 3 atom stereocenters. The number of nitrogens with one attached hydrogen (secondary N) is 1. The minimum absolute atomic E-state index is 0.385. The molecule has 0 radical (unpaired) electrons. The monoisotopic (exact) mass is 278 g/mol. The van der Waals surface area contributed by atoms with Crippen LogP contribution in [0.5, 0.6) is 5.75 Å². The van der Waals surface area contributed by atoms with E-state index in [2.05, 4.69) is 6.92 Å². The van der Waals surface area contributed by atoms with Gasteiger partial charge in [0.15, 0.2) is 0 Å². The first-order chi connectivity index (χ1) is 9.58. The Kier molecular flexibility index (Phi) is 5.44. The quantitative estimate of drug-likeness (QED) is 0.856. The van der Waals surface area contributed by atoms with Crippen LogP contribution in [0.4, 0.5) is 0 Å². The minimum atomic E-state index is -0.385. The summed E-state index contributed by atoms with van der Waals surface area (Å²) in [6.07, 6.45) is 3.51. The third kappa shape index (κ3) is 3.97. The van der Waals surface area contributed by atoms with Crippen LogP contribution in [0.3, 0.4) is 0 Å². The van der Waals surface area contributed by atoms with Gasteiger partial charge in [-0.25, -0.2) is 0 Å². The average Bonchev–Trinajstić information content (AvgIpc) is 2.41. The summed E-state index contributed by atoms with van der Waals surface area (Å²) in [5.74, 6) is 0.924. The van der Waals surface area contributed by atoms with Crippen molar-refractivity contribution in [3.05, 3.63) is 29.3 Å². The van der Waals surface area contributed by atoms with E-state index in [1.165, 1.54) is 30.7 Å². The van der Waals surface area contributed by atoms with Crippen molar-refractivity contribution in [3.63, 3.8) is 0 Å². The van der Waals surface area contributed by atoms with Gasteiger partial charge in [-0.05, 0) is 51.2 Å². The standard InChI is InChI=1S/C17H27NO2/c1-13-7-6-8-14(2)17(13)20-12-16(19)11-18-10-5-4-9-15(18)3/h6-8,15-16,19H,4-5,9-12H2,1-3H3/p+1/t15-,16-/m1/s1. The number of aryl methyl sites for hydroxylation is 2. The third-order valence-electron chi connectivity index (χ3n) is 4.41. The predicted molar refractivity (Wildman–Crippen MR) is 81.4 cm³/mol. The molecule has 0 aromatic heterocycles. The van der Waals surface area contributed by atoms with Gasteiger partial charge in [0.25, 0.3) is 0 Å². The molecule has 3 heteroatoms. The fraction of sp³-hybridized carbons (Fsp3) is 0.647. The second-order valence-electron chi connectivity index (χ2n) is 6.19. The van der Waals surface area contributed by atoms with Crippen LogP contribution in [0.15, 0.2) is 18.2 Å². The van der Waals surface area contributed by atoms with Gasteiger partial charge >= 0.3 is 0 Å². The highest BCUT2D eigenvalue weighted by Crippen LogP contribution is 2.22. The van der Waals surface area contributed by atoms with Gasteiger partial charge in [-0.15, -0.1) is 0 Å². The van der Waals surface area contributed by atoms with Crippen LogP contribution in [0.1, 0.15) is 37.3 Å². The van der Waals surface area contributed by atoms with E-state index in [-0.39, 0.29) is 6.10 Å². The van der Waals surface area contributed by atoms with E-state index in [0.717, 1.165) is 23.4 Å². The number of hydrogen-bond acceptors (Lipinski definition) is 2. The minimum Gasteiger partial charge on any atom is -0.490 e. The van der Waals surface area contributed by atoms with Crippen molar-refractivity contribution in [1.29, 1.82) is 0 Å². The van der Waals surface area contributed by atoms with Crippen LogP contribution >= 0.6 is 0 Å². The van der Waals surface area contributed by atoms with Gasteiger partial charge in [0.05, 0.1) is 12.6 Å². The zero-order valence-electron chi connectivity index (χ0n) is 13.0. The number of ether oxygens (including phenoxy) is 1. The molecule has 1 aliphatic rings. The molecular weight excluding hydrogens is 250 g/mol. The Hall–Kier alpha value is -1.06. The first kappa shape index (κ1) is 15.3. The second kappa shape index (κ2) is 7.09. The molecule has 1 aromatic carbocycles. The molecule has 1 aromatic rings. The van der Waals surface area contributed by atoms with Gasteiger partial charge in [0, 0.05) is 0 Å². The lowest BCUT2D eigenvalue weighted by molar-refractivity contribution is -0.931. The summed E-state index contributed by atoms with van der Waals surface area (Å²) in [4.78, 5) is 1.52. The highest BCUT2D eigenvalue weighted by molar-refractivity contribution is 5.39. The first-order valence-electron chi connectivity index (χ1n) is 7.79. The number of piperidine rings is 1. The lowest BCUT2D eigenvalue weighted by Gasteiger charge is -2.31. The Labute approximate surface area is 122 Å². The van der Waals surface area contributed by atoms with E-state index in [4.69, 9.17) is 4.74 Å². The third-order valence-corrected chi connectivity index (χ3v) is 4.41. The van der Waals surface area contributed by atoms with Crippen molar-refractivity contribution >= 4 is 0 Å². The molecule has 0 spiro atoms. The van der Waals surface area contributed by atoms with Gasteiger partial charge < -0.3 is 14.7 Å². The van der Waals surface area contributed by atoms with Crippen molar-refractivity contribution < 1.29 is 14.7 Å². The average molecular weight is 278 g/mol. The maximum absolute atomic E-state index is 10.2. The van der Waals surface area contributed by atoms with Crippen LogP contribution in [0.25, 0.3) is 0 Å². The predicted octanol–water partition coefficient (Wildman–Crippen LogP) is 1.50. The Morgan fingerprint density at radius 1 is 1.30 bits per heavy atom. The molecule has 1 heterocycles. The van der Waals surface area contributed by atoms with Gasteiger partial charge in [-0.3, -0.25) is 0 Å². The first-order valence-corrected chi connectivity index (χ1v) is 7.79. The number of quaternary nitrogens is 1. The molecular formula is C17H28NO2+. The van der Waals surface area contributed by atoms with Gasteiger partial charge in [0.2, 0.25) is 0 Å². The van der Waals surface area contributed by atoms with Gasteiger partial charge in [-0.2, -0.15) is 0 Å². The maximum Gasteiger partial charge on any atom is 0.137 e. The summed E-state index contributed by atoms with van der Waals surface area (Å²) < 4.78 is 5.84. The molecule has 2 N–H and O–H groups in total. The molecule has 112 valence electrons. The van der Waals surface area contributed by atoms with Crippen molar-refractivity contribution in [2.24, 2.45) is 0 Å². The summed E-state index contributed by atoms with van der Waals surface area (Å²) in [6, 6.07) is 6.80. The normalized spacial score (nSPS) is 24.4. The van der Waals surface area contributed by atoms with Crippen LogP contribution in [0.2, 0.25) is 0 Å². The van der Waals surface area contributed by atoms with Crippen molar-refractivity contribution in [2.75, 3.05) is 19.7 Å². The van der Waals surface area contributed by atoms with E-state index < -0.39 is 0 Å². The summed E-state index contributed by atoms with van der Waals surface area (Å²) in [7, 11) is 0. The van der Waals surface area contributed by atoms with Crippen LogP contribution < -0.4 is 9.64 Å². The number of para-hydroxylation sites is 1. The van der Waals surface area contributed by atoms with Crippen molar-refractivity contribution in [1.82, 2.24) is 0 Å². The van der Waals surface area contributed by atoms with E-state index in [1.54, 1.807) is 0 Å². The number of benzene rings is 1. The summed E-state index contributed by atoms with van der Waals surface area (Å²) in [5, 5.41) is 10.2. The highest BCUT2D eigenvalue weighted by atomic mass is 16.5. The number of hydrogen-bond donors (Lipinski definition) is 2. The topological polar surface area (TPSA) is 33.9 Å². The summed E-state index contributed by atoms with van der Waals surface area (Å²) in [5.41, 5.74) is 2.27. The molecule has 0 amide bonds. The van der Waals surface area contributed by atoms with E-state index in [0.29, 0.717) is 12.6 Å². The van der Waals surface area contributed by atoms with E-state index in [1.807, 2.05) is 32.0 Å². The van der Waals surface area contributed by atoms with Gasteiger partial charge in [-0.1, -0.05) is 18.2 Å². The molecule has 1 fully saturated rings. The zero-order chi connectivity index (χ0) is 14.5. The van der Waals surface area contributed by atoms with Crippen LogP contribution in [0, 0.1) is 13.8 Å². The van der Waals surface area contributed by atoms with Crippen molar-refractivity contribution in [3.8, 4) is 5.75 Å². The highest BCUT2D eigenvalue weighted by Gasteiger charge is 2.24. The maximum atomic E-state index is 10.2. The Morgan fingerprint density at radius 3 is 2.65 bits per heavy atom. The molecule has 1 unspecified atom stereocenters. The molecule has 0 saturated carbocycles. The number of aliphatic hydroxyl groups excluding tert-OH is 1. The van der Waals surface area contributed by atoms with Crippen LogP contribution in [-0.2, 0) is 0 Å². The summed E-state index contributed by atoms with van der Waals surface area (Å²) >= 11 is 0. The molecule has 0 aliphatic carbocycles. The lowest BCUT2D eigenvalue weighted by Crippen LogP contribution is -3.17. The fourth-order valence-corrected chi connectivity index (χ4v) is 3.12. The molecule has 20 heavy (non-hydrogen) atoms. The van der Waals surface area contributed by atoms with E-state index in [9.17, 15) is 5.11 Å². The second-order valence-corrected chi connectivity index (χ2v) is 6.19. The number of aliphatic hydroxyl groups is 1. The Morgan fingerprint density at radius 2 is 2.00 bits per heavy atom. The molecule has 2 rings (SSSR count). The molecule has 1 aliphatic heterocycles. The fourth-order valence-electron chi connectivity index (χ4n) is 3.12. The molecule has 1 saturated heterocycles. The largest absolute Gasteiger partial charge is 0.490 e. The van der Waals surface area contributed by atoms with Gasteiger partial charge in [0.1, 0.15) is 25.0 Å².